The largest absolute Gasteiger partial charge is 0.336 e. The number of hydrogen-bond donors (Lipinski definition) is 2. The smallest absolute Gasteiger partial charge is 0.226 e. The molecule has 0 saturated carbocycles. The molecule has 7 nitrogen and oxygen atoms in total. The molecule has 0 spiro atoms. The van der Waals surface area contributed by atoms with Crippen molar-refractivity contribution < 1.29 is 4.79 Å². The second-order valence-electron chi connectivity index (χ2n) is 6.98. The van der Waals surface area contributed by atoms with Gasteiger partial charge in [-0.2, -0.15) is 0 Å². The van der Waals surface area contributed by atoms with E-state index < -0.39 is 0 Å². The first kappa shape index (κ1) is 18.3. The van der Waals surface area contributed by atoms with E-state index in [4.69, 9.17) is 16.6 Å². The van der Waals surface area contributed by atoms with E-state index in [9.17, 15) is 4.79 Å². The lowest BCUT2D eigenvalue weighted by atomic mass is 9.80. The molecule has 0 saturated heterocycles. The molecule has 2 aromatic heterocycles. The fraction of sp³-hybridized carbons (Fsp3) is 0.250. The first-order valence-corrected chi connectivity index (χ1v) is 9.41. The van der Waals surface area contributed by atoms with Crippen LogP contribution in [0.15, 0.2) is 48.9 Å². The number of anilines is 1. The van der Waals surface area contributed by atoms with Crippen molar-refractivity contribution >= 4 is 34.7 Å². The topological polar surface area (TPSA) is 75.1 Å². The van der Waals surface area contributed by atoms with Crippen LogP contribution in [0.4, 0.5) is 5.69 Å². The molecular weight excluding hydrogens is 376 g/mol. The molecule has 3 heterocycles. The van der Waals surface area contributed by atoms with Crippen LogP contribution in [0.25, 0.3) is 11.0 Å². The highest BCUT2D eigenvalue weighted by atomic mass is 35.5. The standard InChI is InChI=1S/C20H21ClN6O/c1-4-20(3)13(2)26(18-10-22-8-7-15(18)20)11-19-24-16-6-5-14(21)9-17(16)27(19)25-23-12-28/h5-10,12,25H,2,4,11H2,1,3H3,(H,23,28). The summed E-state index contributed by atoms with van der Waals surface area (Å²) in [7, 11) is 0. The lowest BCUT2D eigenvalue weighted by molar-refractivity contribution is -0.109. The fourth-order valence-electron chi connectivity index (χ4n) is 3.80. The van der Waals surface area contributed by atoms with Gasteiger partial charge in [-0.15, -0.1) is 0 Å². The summed E-state index contributed by atoms with van der Waals surface area (Å²) in [6.45, 7) is 9.20. The molecule has 1 atom stereocenters. The van der Waals surface area contributed by atoms with Gasteiger partial charge in [0, 0.05) is 22.3 Å². The maximum atomic E-state index is 10.8. The van der Waals surface area contributed by atoms with E-state index >= 15 is 0 Å². The Labute approximate surface area is 168 Å². The van der Waals surface area contributed by atoms with Crippen molar-refractivity contribution in [2.24, 2.45) is 0 Å². The summed E-state index contributed by atoms with van der Waals surface area (Å²) >= 11 is 6.16. The molecule has 0 aliphatic carbocycles. The number of carbonyl (C=O) groups is 1. The molecule has 0 fully saturated rings. The Bertz CT molecular complexity index is 1080. The maximum Gasteiger partial charge on any atom is 0.226 e. The number of nitrogens with one attached hydrogen (secondary N) is 2. The van der Waals surface area contributed by atoms with Crippen molar-refractivity contribution in [3.05, 3.63) is 65.3 Å². The SMILES string of the molecule is C=C1N(Cc2nc3ccc(Cl)cc3n2NNC=O)c2cnccc2C1(C)CC. The monoisotopic (exact) mass is 396 g/mol. The Morgan fingerprint density at radius 2 is 2.18 bits per heavy atom. The zero-order valence-electron chi connectivity index (χ0n) is 15.7. The molecule has 8 heteroatoms. The van der Waals surface area contributed by atoms with Crippen LogP contribution in [0, 0.1) is 0 Å². The van der Waals surface area contributed by atoms with Crippen LogP contribution >= 0.6 is 11.6 Å². The number of amides is 1. The number of hydrazine groups is 1. The number of fused-ring (bicyclic) bond motifs is 2. The summed E-state index contributed by atoms with van der Waals surface area (Å²) in [6.07, 6.45) is 5.18. The number of imidazole rings is 1. The number of pyridine rings is 1. The first-order valence-electron chi connectivity index (χ1n) is 9.03. The molecule has 1 aromatic carbocycles. The number of carbonyl (C=O) groups excluding carboxylic acids is 1. The number of allylic oxidation sites excluding steroid dienone is 1. The lowest BCUT2D eigenvalue weighted by Crippen LogP contribution is -2.33. The van der Waals surface area contributed by atoms with Gasteiger partial charge in [-0.05, 0) is 43.2 Å². The normalized spacial score (nSPS) is 18.4. The van der Waals surface area contributed by atoms with E-state index in [1.807, 2.05) is 18.5 Å². The number of halogens is 1. The Hall–Kier alpha value is -3.06. The van der Waals surface area contributed by atoms with Crippen molar-refractivity contribution in [3.63, 3.8) is 0 Å². The molecule has 1 aliphatic rings. The molecular formula is C20H21ClN6O. The van der Waals surface area contributed by atoms with Gasteiger partial charge in [0.05, 0.1) is 29.5 Å². The van der Waals surface area contributed by atoms with Crippen molar-refractivity contribution in [3.8, 4) is 0 Å². The minimum absolute atomic E-state index is 0.160. The van der Waals surface area contributed by atoms with Gasteiger partial charge >= 0.3 is 0 Å². The Morgan fingerprint density at radius 1 is 1.36 bits per heavy atom. The van der Waals surface area contributed by atoms with Crippen LogP contribution < -0.4 is 15.9 Å². The summed E-state index contributed by atoms with van der Waals surface area (Å²) in [4.78, 5) is 22.0. The van der Waals surface area contributed by atoms with Crippen LogP contribution in [-0.2, 0) is 16.8 Å². The van der Waals surface area contributed by atoms with Crippen LogP contribution in [0.2, 0.25) is 5.02 Å². The summed E-state index contributed by atoms with van der Waals surface area (Å²) in [5, 5.41) is 0.590. The van der Waals surface area contributed by atoms with Gasteiger partial charge in [-0.25, -0.2) is 15.2 Å². The zero-order valence-corrected chi connectivity index (χ0v) is 16.5. The maximum absolute atomic E-state index is 10.8. The molecule has 1 aliphatic heterocycles. The Kier molecular flexibility index (Phi) is 4.47. The van der Waals surface area contributed by atoms with E-state index in [-0.39, 0.29) is 5.41 Å². The molecule has 0 bridgehead atoms. The minimum atomic E-state index is -0.160. The van der Waals surface area contributed by atoms with Gasteiger partial charge in [-0.1, -0.05) is 25.1 Å². The Morgan fingerprint density at radius 3 is 2.93 bits per heavy atom. The molecule has 144 valence electrons. The van der Waals surface area contributed by atoms with Gasteiger partial charge in [0.25, 0.3) is 0 Å². The fourth-order valence-corrected chi connectivity index (χ4v) is 3.97. The number of nitrogens with zero attached hydrogens (tertiary/aromatic N) is 4. The van der Waals surface area contributed by atoms with Gasteiger partial charge < -0.3 is 4.90 Å². The summed E-state index contributed by atoms with van der Waals surface area (Å²) < 4.78 is 1.72. The third-order valence-electron chi connectivity index (χ3n) is 5.58. The highest BCUT2D eigenvalue weighted by molar-refractivity contribution is 6.31. The number of benzene rings is 1. The van der Waals surface area contributed by atoms with Crippen molar-refractivity contribution in [2.75, 3.05) is 10.4 Å². The van der Waals surface area contributed by atoms with Crippen LogP contribution in [0.1, 0.15) is 31.7 Å². The van der Waals surface area contributed by atoms with Crippen molar-refractivity contribution in [1.29, 1.82) is 0 Å². The molecule has 4 rings (SSSR count). The third-order valence-corrected chi connectivity index (χ3v) is 5.81. The van der Waals surface area contributed by atoms with Gasteiger partial charge in [0.15, 0.2) is 0 Å². The lowest BCUT2D eigenvalue weighted by Gasteiger charge is -2.28. The van der Waals surface area contributed by atoms with Crippen LogP contribution in [-0.4, -0.2) is 21.1 Å². The minimum Gasteiger partial charge on any atom is -0.336 e. The Balaban J connectivity index is 1.80. The average molecular weight is 397 g/mol. The average Bonchev–Trinajstić information content (AvgIpc) is 3.15. The number of hydrogen-bond acceptors (Lipinski definition) is 5. The van der Waals surface area contributed by atoms with Gasteiger partial charge in [0.1, 0.15) is 5.82 Å². The van der Waals surface area contributed by atoms with E-state index in [1.54, 1.807) is 16.8 Å². The second kappa shape index (κ2) is 6.83. The molecule has 28 heavy (non-hydrogen) atoms. The predicted octanol–water partition coefficient (Wildman–Crippen LogP) is 3.49. The van der Waals surface area contributed by atoms with Crippen molar-refractivity contribution in [2.45, 2.75) is 32.2 Å². The van der Waals surface area contributed by atoms with Gasteiger partial charge in [0.2, 0.25) is 6.41 Å². The van der Waals surface area contributed by atoms with Crippen LogP contribution in [0.3, 0.4) is 0 Å². The predicted molar refractivity (Wildman–Crippen MR) is 111 cm³/mol. The highest BCUT2D eigenvalue weighted by Crippen LogP contribution is 2.49. The molecule has 0 radical (unpaired) electrons. The second-order valence-corrected chi connectivity index (χ2v) is 7.42. The molecule has 1 amide bonds. The third kappa shape index (κ3) is 2.70. The molecule has 2 N–H and O–H groups in total. The quantitative estimate of drug-likeness (QED) is 0.492. The highest BCUT2D eigenvalue weighted by Gasteiger charge is 2.41. The summed E-state index contributed by atoms with van der Waals surface area (Å²) in [6, 6.07) is 7.50. The summed E-state index contributed by atoms with van der Waals surface area (Å²) in [5.41, 5.74) is 9.96. The van der Waals surface area contributed by atoms with E-state index in [1.165, 1.54) is 5.56 Å². The molecule has 3 aromatic rings. The first-order chi connectivity index (χ1) is 13.5. The number of rotatable bonds is 6. The van der Waals surface area contributed by atoms with Crippen molar-refractivity contribution in [1.82, 2.24) is 20.1 Å². The summed E-state index contributed by atoms with van der Waals surface area (Å²) in [5.74, 6) is 0.711. The van der Waals surface area contributed by atoms with E-state index in [2.05, 4.69) is 47.3 Å². The zero-order chi connectivity index (χ0) is 19.9. The van der Waals surface area contributed by atoms with Gasteiger partial charge in [-0.3, -0.25) is 15.2 Å². The van der Waals surface area contributed by atoms with E-state index in [0.717, 1.165) is 28.8 Å². The number of aromatic nitrogens is 3. The van der Waals surface area contributed by atoms with E-state index in [0.29, 0.717) is 23.8 Å². The van der Waals surface area contributed by atoms with Crippen LogP contribution in [0.5, 0.6) is 0 Å². The molecule has 1 unspecified atom stereocenters.